The lowest BCUT2D eigenvalue weighted by atomic mass is 10.0. The normalized spacial score (nSPS) is 16.3. The number of aromatic hydroxyl groups is 1. The van der Waals surface area contributed by atoms with Crippen LogP contribution in [0.2, 0.25) is 10.0 Å². The fourth-order valence-corrected chi connectivity index (χ4v) is 4.89. The van der Waals surface area contributed by atoms with Crippen molar-refractivity contribution in [3.8, 4) is 5.75 Å². The van der Waals surface area contributed by atoms with Crippen molar-refractivity contribution >= 4 is 46.6 Å². The minimum Gasteiger partial charge on any atom is -0.506 e. The molecule has 0 spiro atoms. The zero-order valence-corrected chi connectivity index (χ0v) is 18.7. The first-order chi connectivity index (χ1) is 14.8. The van der Waals surface area contributed by atoms with Crippen LogP contribution >= 0.6 is 34.5 Å². The monoisotopic (exact) mass is 478 g/mol. The Bertz CT molecular complexity index is 1390. The van der Waals surface area contributed by atoms with Gasteiger partial charge in [-0.1, -0.05) is 34.5 Å². The van der Waals surface area contributed by atoms with Gasteiger partial charge in [0.25, 0.3) is 5.56 Å². The molecule has 0 bridgehead atoms. The van der Waals surface area contributed by atoms with Gasteiger partial charge in [-0.3, -0.25) is 9.36 Å². The topological polar surface area (TPSA) is 94.0 Å². The number of furan rings is 1. The van der Waals surface area contributed by atoms with Gasteiger partial charge >= 0.3 is 5.97 Å². The van der Waals surface area contributed by atoms with Gasteiger partial charge in [-0.2, -0.15) is 0 Å². The number of aromatic nitrogens is 1. The maximum atomic E-state index is 13.4. The molecule has 1 unspecified atom stereocenters. The van der Waals surface area contributed by atoms with Crippen molar-refractivity contribution in [3.63, 3.8) is 0 Å². The molecule has 7 nitrogen and oxygen atoms in total. The predicted molar refractivity (Wildman–Crippen MR) is 117 cm³/mol. The highest BCUT2D eigenvalue weighted by atomic mass is 35.5. The van der Waals surface area contributed by atoms with Gasteiger partial charge in [0, 0.05) is 10.6 Å². The van der Waals surface area contributed by atoms with E-state index in [4.69, 9.17) is 32.4 Å². The number of esters is 1. The number of allylic oxidation sites excluding steroid dienone is 1. The predicted octanol–water partition coefficient (Wildman–Crippen LogP) is 3.40. The minimum atomic E-state index is -0.830. The number of nitrogens with zero attached hydrogens (tertiary/aromatic N) is 2. The molecular formula is C21H16Cl2N2O5S. The number of ether oxygens (including phenoxy) is 1. The quantitative estimate of drug-likeness (QED) is 0.579. The third-order valence-corrected chi connectivity index (χ3v) is 6.16. The van der Waals surface area contributed by atoms with Crippen LogP contribution in [0.1, 0.15) is 31.2 Å². The molecule has 0 saturated heterocycles. The Hall–Kier alpha value is -2.81. The van der Waals surface area contributed by atoms with E-state index in [1.54, 1.807) is 26.0 Å². The van der Waals surface area contributed by atoms with Crippen LogP contribution in [0.4, 0.5) is 0 Å². The second-order valence-corrected chi connectivity index (χ2v) is 8.50. The SMILES string of the molecule is CCOC(=O)C1=C(C)N=c2s/c(=C/c3cc(Cl)cc(Cl)c3O)c(=O)n2C1c1ccco1. The minimum absolute atomic E-state index is 0.0698. The van der Waals surface area contributed by atoms with E-state index in [0.29, 0.717) is 26.8 Å². The second kappa shape index (κ2) is 8.37. The maximum Gasteiger partial charge on any atom is 0.338 e. The Balaban J connectivity index is 1.97. The Morgan fingerprint density at radius 1 is 1.42 bits per heavy atom. The maximum absolute atomic E-state index is 13.4. The molecule has 0 aliphatic carbocycles. The van der Waals surface area contributed by atoms with Crippen molar-refractivity contribution in [2.24, 2.45) is 4.99 Å². The van der Waals surface area contributed by atoms with Crippen LogP contribution in [0.15, 0.2) is 56.0 Å². The van der Waals surface area contributed by atoms with Gasteiger partial charge in [0.1, 0.15) is 17.6 Å². The fourth-order valence-electron chi connectivity index (χ4n) is 3.34. The van der Waals surface area contributed by atoms with Crippen LogP contribution in [0.3, 0.4) is 0 Å². The third kappa shape index (κ3) is 3.82. The van der Waals surface area contributed by atoms with E-state index in [-0.39, 0.29) is 27.5 Å². The third-order valence-electron chi connectivity index (χ3n) is 4.67. The standard InChI is InChI=1S/C21H16Cl2N2O5S/c1-3-29-20(28)16-10(2)24-21-25(17(16)14-5-4-6-30-14)19(27)15(31-21)8-11-7-12(22)9-13(23)18(11)26/h4-9,17,26H,3H2,1-2H3/b15-8+. The first kappa shape index (κ1) is 21.4. The van der Waals surface area contributed by atoms with Gasteiger partial charge < -0.3 is 14.3 Å². The Kier molecular flexibility index (Phi) is 5.79. The number of rotatable bonds is 4. The number of hydrogen-bond donors (Lipinski definition) is 1. The molecule has 3 heterocycles. The molecule has 1 aliphatic rings. The average Bonchev–Trinajstić information content (AvgIpc) is 3.34. The van der Waals surface area contributed by atoms with Crippen LogP contribution in [-0.4, -0.2) is 22.2 Å². The number of carbonyl (C=O) groups excluding carboxylic acids is 1. The number of benzene rings is 1. The molecule has 160 valence electrons. The number of thiazole rings is 1. The molecule has 1 N–H and O–H groups in total. The lowest BCUT2D eigenvalue weighted by molar-refractivity contribution is -0.139. The Morgan fingerprint density at radius 2 is 2.19 bits per heavy atom. The van der Waals surface area contributed by atoms with Crippen molar-refractivity contribution in [3.05, 3.63) is 82.9 Å². The molecular weight excluding hydrogens is 463 g/mol. The number of halogens is 2. The summed E-state index contributed by atoms with van der Waals surface area (Å²) >= 11 is 13.1. The molecule has 3 aromatic rings. The molecule has 31 heavy (non-hydrogen) atoms. The lowest BCUT2D eigenvalue weighted by Crippen LogP contribution is -2.39. The van der Waals surface area contributed by atoms with Crippen molar-refractivity contribution < 1.29 is 19.1 Å². The van der Waals surface area contributed by atoms with E-state index in [2.05, 4.69) is 4.99 Å². The van der Waals surface area contributed by atoms with Gasteiger partial charge in [0.05, 0.1) is 33.7 Å². The van der Waals surface area contributed by atoms with Crippen LogP contribution in [-0.2, 0) is 9.53 Å². The first-order valence-corrected chi connectivity index (χ1v) is 10.8. The van der Waals surface area contributed by atoms with Crippen LogP contribution in [0.25, 0.3) is 6.08 Å². The highest BCUT2D eigenvalue weighted by Crippen LogP contribution is 2.32. The number of carbonyl (C=O) groups is 1. The Labute approximate surface area is 190 Å². The van der Waals surface area contributed by atoms with Crippen molar-refractivity contribution in [2.45, 2.75) is 19.9 Å². The highest BCUT2D eigenvalue weighted by Gasteiger charge is 2.35. The summed E-state index contributed by atoms with van der Waals surface area (Å²) in [7, 11) is 0. The summed E-state index contributed by atoms with van der Waals surface area (Å²) in [6.45, 7) is 3.56. The summed E-state index contributed by atoms with van der Waals surface area (Å²) in [5.41, 5.74) is 0.541. The number of phenolic OH excluding ortho intramolecular Hbond substituents is 1. The number of hydrogen-bond acceptors (Lipinski definition) is 7. The highest BCUT2D eigenvalue weighted by molar-refractivity contribution is 7.07. The molecule has 10 heteroatoms. The number of phenols is 1. The molecule has 0 fully saturated rings. The van der Waals surface area contributed by atoms with E-state index in [0.717, 1.165) is 11.3 Å². The van der Waals surface area contributed by atoms with Crippen LogP contribution < -0.4 is 14.9 Å². The average molecular weight is 479 g/mol. The van der Waals surface area contributed by atoms with Gasteiger partial charge in [0.2, 0.25) is 0 Å². The molecule has 0 saturated carbocycles. The largest absolute Gasteiger partial charge is 0.506 e. The zero-order valence-electron chi connectivity index (χ0n) is 16.4. The van der Waals surface area contributed by atoms with Crippen molar-refractivity contribution in [1.82, 2.24) is 4.57 Å². The molecule has 0 amide bonds. The van der Waals surface area contributed by atoms with Gasteiger partial charge in [0.15, 0.2) is 4.80 Å². The van der Waals surface area contributed by atoms with E-state index in [9.17, 15) is 14.7 Å². The number of fused-ring (bicyclic) bond motifs is 1. The summed E-state index contributed by atoms with van der Waals surface area (Å²) in [4.78, 5) is 30.9. The summed E-state index contributed by atoms with van der Waals surface area (Å²) in [6.07, 6.45) is 2.95. The summed E-state index contributed by atoms with van der Waals surface area (Å²) in [6, 6.07) is 5.44. The van der Waals surface area contributed by atoms with E-state index >= 15 is 0 Å². The Morgan fingerprint density at radius 3 is 2.87 bits per heavy atom. The molecule has 1 atom stereocenters. The summed E-state index contributed by atoms with van der Waals surface area (Å²) in [5.74, 6) is -0.361. The molecule has 1 aliphatic heterocycles. The molecule has 0 radical (unpaired) electrons. The van der Waals surface area contributed by atoms with Crippen molar-refractivity contribution in [2.75, 3.05) is 6.61 Å². The molecule has 2 aromatic heterocycles. The zero-order chi connectivity index (χ0) is 22.3. The van der Waals surface area contributed by atoms with Gasteiger partial charge in [-0.05, 0) is 44.2 Å². The lowest BCUT2D eigenvalue weighted by Gasteiger charge is -2.22. The smallest absolute Gasteiger partial charge is 0.338 e. The summed E-state index contributed by atoms with van der Waals surface area (Å²) in [5, 5.41) is 10.6. The van der Waals surface area contributed by atoms with E-state index in [1.165, 1.54) is 29.0 Å². The van der Waals surface area contributed by atoms with Gasteiger partial charge in [-0.15, -0.1) is 0 Å². The fraction of sp³-hybridized carbons (Fsp3) is 0.190. The summed E-state index contributed by atoms with van der Waals surface area (Å²) < 4.78 is 12.4. The van der Waals surface area contributed by atoms with E-state index in [1.807, 2.05) is 0 Å². The van der Waals surface area contributed by atoms with Crippen molar-refractivity contribution in [1.29, 1.82) is 0 Å². The van der Waals surface area contributed by atoms with Gasteiger partial charge in [-0.25, -0.2) is 9.79 Å². The van der Waals surface area contributed by atoms with E-state index < -0.39 is 17.6 Å². The second-order valence-electron chi connectivity index (χ2n) is 6.64. The molecule has 1 aromatic carbocycles. The molecule has 4 rings (SSSR count). The first-order valence-electron chi connectivity index (χ1n) is 9.23. The van der Waals surface area contributed by atoms with Crippen LogP contribution in [0, 0.1) is 0 Å². The van der Waals surface area contributed by atoms with Crippen LogP contribution in [0.5, 0.6) is 5.75 Å².